The molecule has 0 aliphatic carbocycles. The van der Waals surface area contributed by atoms with Gasteiger partial charge in [0.15, 0.2) is 0 Å². The van der Waals surface area contributed by atoms with Crippen LogP contribution in [0.15, 0.2) is 59.4 Å². The van der Waals surface area contributed by atoms with Crippen molar-refractivity contribution in [3.8, 4) is 5.75 Å². The Balaban J connectivity index is 1.67. The number of benzene rings is 2. The summed E-state index contributed by atoms with van der Waals surface area (Å²) in [4.78, 5) is 24.6. The summed E-state index contributed by atoms with van der Waals surface area (Å²) >= 11 is 0. The van der Waals surface area contributed by atoms with E-state index in [1.54, 1.807) is 6.07 Å². The topological polar surface area (TPSA) is 57.5 Å². The summed E-state index contributed by atoms with van der Waals surface area (Å²) in [6.45, 7) is 4.10. The van der Waals surface area contributed by atoms with Crippen molar-refractivity contribution in [3.63, 3.8) is 0 Å². The third kappa shape index (κ3) is 3.94. The standard InChI is InChI=1S/C21H21NO4/c1-15-7-6-10-18-16(2)13-19(23)22(21(15)18)14-20(24)26-12-11-25-17-8-4-3-5-9-17/h3-10,13H,11-12,14H2,1-2H3. The van der Waals surface area contributed by atoms with E-state index in [1.165, 1.54) is 4.57 Å². The van der Waals surface area contributed by atoms with Crippen molar-refractivity contribution in [2.45, 2.75) is 20.4 Å². The zero-order valence-electron chi connectivity index (χ0n) is 14.9. The van der Waals surface area contributed by atoms with Crippen molar-refractivity contribution in [2.24, 2.45) is 0 Å². The highest BCUT2D eigenvalue weighted by Crippen LogP contribution is 2.20. The number of carbonyl (C=O) groups is 1. The monoisotopic (exact) mass is 351 g/mol. The van der Waals surface area contributed by atoms with E-state index in [0.29, 0.717) is 0 Å². The molecule has 0 saturated carbocycles. The normalized spacial score (nSPS) is 10.7. The smallest absolute Gasteiger partial charge is 0.326 e. The number of pyridine rings is 1. The molecule has 134 valence electrons. The van der Waals surface area contributed by atoms with Crippen LogP contribution in [0.4, 0.5) is 0 Å². The maximum atomic E-state index is 12.4. The second-order valence-corrected chi connectivity index (χ2v) is 6.10. The number of fused-ring (bicyclic) bond motifs is 1. The molecule has 0 radical (unpaired) electrons. The van der Waals surface area contributed by atoms with Crippen LogP contribution in [0.5, 0.6) is 5.75 Å². The van der Waals surface area contributed by atoms with Crippen LogP contribution in [0.1, 0.15) is 11.1 Å². The van der Waals surface area contributed by atoms with E-state index in [-0.39, 0.29) is 25.3 Å². The maximum absolute atomic E-state index is 12.4. The summed E-state index contributed by atoms with van der Waals surface area (Å²) in [5.74, 6) is 0.261. The van der Waals surface area contributed by atoms with Crippen LogP contribution in [-0.4, -0.2) is 23.8 Å². The largest absolute Gasteiger partial charge is 0.490 e. The molecule has 0 fully saturated rings. The predicted octanol–water partition coefficient (Wildman–Crippen LogP) is 3.24. The Morgan fingerprint density at radius 2 is 1.73 bits per heavy atom. The van der Waals surface area contributed by atoms with E-state index in [0.717, 1.165) is 27.8 Å². The van der Waals surface area contributed by atoms with Gasteiger partial charge in [0.1, 0.15) is 25.5 Å². The number of para-hydroxylation sites is 2. The molecular formula is C21H21NO4. The van der Waals surface area contributed by atoms with Gasteiger partial charge in [0.05, 0.1) is 5.52 Å². The first-order valence-corrected chi connectivity index (χ1v) is 8.49. The van der Waals surface area contributed by atoms with Crippen molar-refractivity contribution >= 4 is 16.9 Å². The molecule has 2 aromatic carbocycles. The second kappa shape index (κ2) is 7.87. The molecule has 5 heteroatoms. The molecule has 0 atom stereocenters. The summed E-state index contributed by atoms with van der Waals surface area (Å²) in [5.41, 5.74) is 2.41. The van der Waals surface area contributed by atoms with Gasteiger partial charge in [0.2, 0.25) is 0 Å². The molecule has 26 heavy (non-hydrogen) atoms. The van der Waals surface area contributed by atoms with E-state index in [9.17, 15) is 9.59 Å². The van der Waals surface area contributed by atoms with Crippen molar-refractivity contribution in [1.82, 2.24) is 4.57 Å². The molecular weight excluding hydrogens is 330 g/mol. The Morgan fingerprint density at radius 3 is 2.50 bits per heavy atom. The third-order valence-electron chi connectivity index (χ3n) is 4.18. The van der Waals surface area contributed by atoms with Crippen molar-refractivity contribution in [2.75, 3.05) is 13.2 Å². The van der Waals surface area contributed by atoms with Gasteiger partial charge in [-0.15, -0.1) is 0 Å². The summed E-state index contributed by atoms with van der Waals surface area (Å²) in [7, 11) is 0. The van der Waals surface area contributed by atoms with E-state index in [1.807, 2.05) is 62.4 Å². The summed E-state index contributed by atoms with van der Waals surface area (Å²) in [5, 5.41) is 0.963. The summed E-state index contributed by atoms with van der Waals surface area (Å²) in [6.07, 6.45) is 0. The fourth-order valence-corrected chi connectivity index (χ4v) is 2.95. The number of rotatable bonds is 6. The average Bonchev–Trinajstić information content (AvgIpc) is 2.63. The lowest BCUT2D eigenvalue weighted by molar-refractivity contribution is -0.145. The number of hydrogen-bond acceptors (Lipinski definition) is 4. The highest BCUT2D eigenvalue weighted by molar-refractivity contribution is 5.86. The Hall–Kier alpha value is -3.08. The SMILES string of the molecule is Cc1cc(=O)n(CC(=O)OCCOc2ccccc2)c2c(C)cccc12. The molecule has 0 unspecified atom stereocenters. The first-order chi connectivity index (χ1) is 12.6. The molecule has 0 aliphatic heterocycles. The van der Waals surface area contributed by atoms with Gasteiger partial charge < -0.3 is 9.47 Å². The Kier molecular flexibility index (Phi) is 5.37. The molecule has 0 N–H and O–H groups in total. The molecule has 0 saturated heterocycles. The van der Waals surface area contributed by atoms with Crippen LogP contribution in [0, 0.1) is 13.8 Å². The van der Waals surface area contributed by atoms with Gasteiger partial charge in [-0.05, 0) is 37.1 Å². The minimum atomic E-state index is -0.461. The molecule has 1 heterocycles. The van der Waals surface area contributed by atoms with E-state index in [2.05, 4.69) is 0 Å². The highest BCUT2D eigenvalue weighted by Gasteiger charge is 2.12. The molecule has 5 nitrogen and oxygen atoms in total. The zero-order chi connectivity index (χ0) is 18.5. The highest BCUT2D eigenvalue weighted by atomic mass is 16.6. The zero-order valence-corrected chi connectivity index (χ0v) is 14.9. The number of esters is 1. The van der Waals surface area contributed by atoms with Crippen LogP contribution in [0.25, 0.3) is 10.9 Å². The quantitative estimate of drug-likeness (QED) is 0.505. The lowest BCUT2D eigenvalue weighted by Crippen LogP contribution is -2.27. The number of hydrogen-bond donors (Lipinski definition) is 0. The van der Waals surface area contributed by atoms with Crippen LogP contribution < -0.4 is 10.3 Å². The Labute approximate surface area is 151 Å². The number of ether oxygens (including phenoxy) is 2. The molecule has 0 amide bonds. The molecule has 0 bridgehead atoms. The van der Waals surface area contributed by atoms with Gasteiger partial charge in [-0.25, -0.2) is 0 Å². The lowest BCUT2D eigenvalue weighted by Gasteiger charge is -2.14. The molecule has 3 rings (SSSR count). The fraction of sp³-hybridized carbons (Fsp3) is 0.238. The minimum Gasteiger partial charge on any atom is -0.490 e. The van der Waals surface area contributed by atoms with Crippen LogP contribution in [-0.2, 0) is 16.1 Å². The third-order valence-corrected chi connectivity index (χ3v) is 4.18. The lowest BCUT2D eigenvalue weighted by atomic mass is 10.1. The van der Waals surface area contributed by atoms with Crippen molar-refractivity contribution < 1.29 is 14.3 Å². The first kappa shape index (κ1) is 17.7. The minimum absolute atomic E-state index is 0.119. The van der Waals surface area contributed by atoms with Gasteiger partial charge in [0.25, 0.3) is 5.56 Å². The predicted molar refractivity (Wildman–Crippen MR) is 101 cm³/mol. The van der Waals surface area contributed by atoms with Gasteiger partial charge in [0, 0.05) is 11.5 Å². The fourth-order valence-electron chi connectivity index (χ4n) is 2.95. The number of carbonyl (C=O) groups excluding carboxylic acids is 1. The van der Waals surface area contributed by atoms with Gasteiger partial charge in [-0.1, -0.05) is 36.4 Å². The number of aromatic nitrogens is 1. The second-order valence-electron chi connectivity index (χ2n) is 6.10. The average molecular weight is 351 g/mol. The molecule has 0 spiro atoms. The van der Waals surface area contributed by atoms with Crippen LogP contribution >= 0.6 is 0 Å². The van der Waals surface area contributed by atoms with Gasteiger partial charge in [-0.2, -0.15) is 0 Å². The number of nitrogens with zero attached hydrogens (tertiary/aromatic N) is 1. The van der Waals surface area contributed by atoms with Crippen LogP contribution in [0.3, 0.4) is 0 Å². The van der Waals surface area contributed by atoms with Crippen LogP contribution in [0.2, 0.25) is 0 Å². The molecule has 3 aromatic rings. The van der Waals surface area contributed by atoms with Crippen molar-refractivity contribution in [3.05, 3.63) is 76.1 Å². The number of aryl methyl sites for hydroxylation is 2. The first-order valence-electron chi connectivity index (χ1n) is 8.49. The van der Waals surface area contributed by atoms with E-state index < -0.39 is 5.97 Å². The van der Waals surface area contributed by atoms with Crippen molar-refractivity contribution in [1.29, 1.82) is 0 Å². The Morgan fingerprint density at radius 1 is 0.962 bits per heavy atom. The van der Waals surface area contributed by atoms with E-state index in [4.69, 9.17) is 9.47 Å². The van der Waals surface area contributed by atoms with E-state index >= 15 is 0 Å². The van der Waals surface area contributed by atoms with Gasteiger partial charge in [-0.3, -0.25) is 14.2 Å². The Bertz CT molecular complexity index is 976. The maximum Gasteiger partial charge on any atom is 0.326 e. The molecule has 0 aliphatic rings. The summed E-state index contributed by atoms with van der Waals surface area (Å²) < 4.78 is 12.2. The van der Waals surface area contributed by atoms with Gasteiger partial charge >= 0.3 is 5.97 Å². The summed E-state index contributed by atoms with van der Waals surface area (Å²) in [6, 6.07) is 16.7. The molecule has 1 aromatic heterocycles.